The molecule has 0 spiro atoms. The van der Waals surface area contributed by atoms with Gasteiger partial charge in [-0.1, -0.05) is 6.42 Å². The molecule has 0 aliphatic rings. The Hall–Kier alpha value is -0.118. The summed E-state index contributed by atoms with van der Waals surface area (Å²) >= 11 is -1.66. The first-order valence-corrected chi connectivity index (χ1v) is 5.16. The first-order valence-electron chi connectivity index (χ1n) is 3.95. The molecule has 0 radical (unpaired) electrons. The molecule has 6 heteroatoms. The minimum absolute atomic E-state index is 0.499. The summed E-state index contributed by atoms with van der Waals surface area (Å²) in [6, 6.07) is -0.601. The van der Waals surface area contributed by atoms with Gasteiger partial charge in [-0.15, -0.1) is 0 Å². The summed E-state index contributed by atoms with van der Waals surface area (Å²) in [4.78, 5) is 10.8. The number of carbonyl (C=O) groups excluding carboxylic acids is 1. The van der Waals surface area contributed by atoms with E-state index >= 15 is 0 Å². The second-order valence-corrected chi connectivity index (χ2v) is 3.03. The van der Waals surface area contributed by atoms with Crippen LogP contribution in [0.5, 0.6) is 0 Å². The average Bonchev–Trinajstić information content (AvgIpc) is 2.05. The van der Waals surface area contributed by atoms with Crippen LogP contribution in [-0.2, 0) is 8.58 Å². The summed E-state index contributed by atoms with van der Waals surface area (Å²) in [5, 5.41) is 0. The van der Waals surface area contributed by atoms with E-state index in [2.05, 4.69) is 3.79 Å². The van der Waals surface area contributed by atoms with Crippen LogP contribution in [0.3, 0.4) is 0 Å². The summed E-state index contributed by atoms with van der Waals surface area (Å²) < 4.78 is 12.8. The van der Waals surface area contributed by atoms with Gasteiger partial charge in [0.05, 0.1) is 6.04 Å². The van der Waals surface area contributed by atoms with Crippen molar-refractivity contribution < 1.29 is 12.7 Å². The zero-order valence-electron chi connectivity index (χ0n) is 7.03. The molecule has 0 aliphatic heterocycles. The summed E-state index contributed by atoms with van der Waals surface area (Å²) in [6.07, 6.45) is 2.25. The number of unbranched alkanes of at least 4 members (excludes halogenated alkanes) is 1. The van der Waals surface area contributed by atoms with Crippen molar-refractivity contribution in [3.63, 3.8) is 0 Å². The molecule has 0 amide bonds. The van der Waals surface area contributed by atoms with E-state index in [1.54, 1.807) is 0 Å². The summed E-state index contributed by atoms with van der Waals surface area (Å²) in [5.41, 5.74) is 10.7. The van der Waals surface area contributed by atoms with Crippen LogP contribution >= 0.6 is 0 Å². The van der Waals surface area contributed by atoms with Gasteiger partial charge in [0.15, 0.2) is 0 Å². The lowest BCUT2D eigenvalue weighted by Gasteiger charge is -2.09. The molecule has 12 heavy (non-hydrogen) atoms. The van der Waals surface area contributed by atoms with Crippen LogP contribution in [-0.4, -0.2) is 38.6 Å². The van der Waals surface area contributed by atoms with Crippen molar-refractivity contribution in [3.8, 4) is 0 Å². The van der Waals surface area contributed by atoms with Crippen LogP contribution in [0.2, 0.25) is 0 Å². The molecule has 5 nitrogen and oxygen atoms in total. The highest BCUT2D eigenvalue weighted by atomic mass is 27.2. The first-order chi connectivity index (χ1) is 5.72. The van der Waals surface area contributed by atoms with Gasteiger partial charge < -0.3 is 19.4 Å². The lowest BCUT2D eigenvalue weighted by molar-refractivity contribution is -0.136. The van der Waals surface area contributed by atoms with Crippen LogP contribution in [0, 0.1) is 0 Å². The van der Waals surface area contributed by atoms with Crippen molar-refractivity contribution in [2.24, 2.45) is 11.5 Å². The molecular formula is C6H15AlN2O3. The van der Waals surface area contributed by atoms with Crippen molar-refractivity contribution >= 4 is 21.9 Å². The maximum absolute atomic E-state index is 10.8. The second kappa shape index (κ2) is 7.53. The maximum atomic E-state index is 10.8. The Morgan fingerprint density at radius 2 is 2.25 bits per heavy atom. The van der Waals surface area contributed by atoms with Crippen LogP contribution in [0.25, 0.3) is 0 Å². The molecule has 0 saturated carbocycles. The van der Waals surface area contributed by atoms with E-state index in [0.29, 0.717) is 13.0 Å². The molecule has 0 aliphatic carbocycles. The molecule has 70 valence electrons. The number of carbonyl (C=O) groups is 1. The van der Waals surface area contributed by atoms with Crippen LogP contribution in [0.15, 0.2) is 0 Å². The molecule has 0 fully saturated rings. The third-order valence-electron chi connectivity index (χ3n) is 1.48. The number of hydrogen-bond acceptors (Lipinski definition) is 5. The monoisotopic (exact) mass is 190 g/mol. The van der Waals surface area contributed by atoms with Crippen molar-refractivity contribution in [1.29, 1.82) is 0 Å². The third kappa shape index (κ3) is 5.52. The Bertz CT molecular complexity index is 134. The van der Waals surface area contributed by atoms with E-state index in [4.69, 9.17) is 15.6 Å². The van der Waals surface area contributed by atoms with Crippen LogP contribution in [0.4, 0.5) is 0 Å². The van der Waals surface area contributed by atoms with E-state index in [9.17, 15) is 4.79 Å². The van der Waals surface area contributed by atoms with Gasteiger partial charge in [-0.25, -0.2) is 0 Å². The lowest BCUT2D eigenvalue weighted by Crippen LogP contribution is -2.33. The topological polar surface area (TPSA) is 98.6 Å². The fourth-order valence-corrected chi connectivity index (χ4v) is 1.14. The van der Waals surface area contributed by atoms with E-state index in [1.807, 2.05) is 0 Å². The van der Waals surface area contributed by atoms with Gasteiger partial charge in [-0.3, -0.25) is 4.79 Å². The average molecular weight is 190 g/mol. The Balaban J connectivity index is 3.42. The zero-order chi connectivity index (χ0) is 9.40. The molecule has 0 heterocycles. The van der Waals surface area contributed by atoms with Crippen molar-refractivity contribution in [1.82, 2.24) is 0 Å². The van der Waals surface area contributed by atoms with Crippen molar-refractivity contribution in [3.05, 3.63) is 0 Å². The van der Waals surface area contributed by atoms with E-state index in [-0.39, 0.29) is 0 Å². The predicted molar refractivity (Wildman–Crippen MR) is 46.3 cm³/mol. The zero-order valence-corrected chi connectivity index (χ0v) is 8.45. The highest BCUT2D eigenvalue weighted by molar-refractivity contribution is 6.20. The Labute approximate surface area is 78.4 Å². The summed E-state index contributed by atoms with van der Waals surface area (Å²) in [7, 11) is 0. The van der Waals surface area contributed by atoms with Crippen molar-refractivity contribution in [2.45, 2.75) is 25.3 Å². The largest absolute Gasteiger partial charge is 0.740 e. The van der Waals surface area contributed by atoms with Crippen molar-refractivity contribution in [2.75, 3.05) is 6.54 Å². The van der Waals surface area contributed by atoms with Gasteiger partial charge in [0, 0.05) is 0 Å². The molecule has 0 aromatic rings. The lowest BCUT2D eigenvalue weighted by atomic mass is 10.1. The Morgan fingerprint density at radius 3 is 2.75 bits per heavy atom. The Kier molecular flexibility index (Phi) is 7.45. The van der Waals surface area contributed by atoms with Gasteiger partial charge in [-0.05, 0) is 19.4 Å². The number of nitrogens with two attached hydrogens (primary N) is 2. The molecule has 0 rings (SSSR count). The predicted octanol–water partition coefficient (Wildman–Crippen LogP) is -1.76. The number of hydrogen-bond donors (Lipinski definition) is 3. The van der Waals surface area contributed by atoms with E-state index in [0.717, 1.165) is 12.8 Å². The molecule has 0 aromatic carbocycles. The van der Waals surface area contributed by atoms with Crippen LogP contribution in [0.1, 0.15) is 19.3 Å². The molecule has 5 N–H and O–H groups in total. The maximum Gasteiger partial charge on any atom is 0.740 e. The minimum Gasteiger partial charge on any atom is -0.597 e. The summed E-state index contributed by atoms with van der Waals surface area (Å²) in [6.45, 7) is 0.608. The molecular weight excluding hydrogens is 175 g/mol. The fourth-order valence-electron chi connectivity index (χ4n) is 0.797. The molecule has 0 saturated heterocycles. The first kappa shape index (κ1) is 11.9. The molecule has 0 aromatic heterocycles. The fraction of sp³-hybridized carbons (Fsp3) is 0.833. The third-order valence-corrected chi connectivity index (χ3v) is 1.89. The summed E-state index contributed by atoms with van der Waals surface area (Å²) in [5.74, 6) is -0.499. The SMILES string of the molecule is NCCCC[C@H](N)C(=O)[O][AlH][OH]. The Morgan fingerprint density at radius 1 is 1.58 bits per heavy atom. The van der Waals surface area contributed by atoms with E-state index < -0.39 is 27.9 Å². The number of rotatable bonds is 6. The molecule has 0 bridgehead atoms. The van der Waals surface area contributed by atoms with E-state index in [1.165, 1.54) is 0 Å². The van der Waals surface area contributed by atoms with Crippen LogP contribution < -0.4 is 11.5 Å². The quantitative estimate of drug-likeness (QED) is 0.340. The van der Waals surface area contributed by atoms with Gasteiger partial charge in [-0.2, -0.15) is 0 Å². The van der Waals surface area contributed by atoms with Gasteiger partial charge in [0.2, 0.25) is 0 Å². The minimum atomic E-state index is -1.66. The highest BCUT2D eigenvalue weighted by Crippen LogP contribution is 1.98. The second-order valence-electron chi connectivity index (χ2n) is 2.48. The van der Waals surface area contributed by atoms with Gasteiger partial charge >= 0.3 is 15.9 Å². The smallest absolute Gasteiger partial charge is 0.597 e. The highest BCUT2D eigenvalue weighted by Gasteiger charge is 2.13. The standard InChI is InChI=1S/C6H14N2O2.Al.H2O.H/c7-4-2-1-3-5(8)6(9)10;;;/h5H,1-4,7-8H2,(H,9,10);;1H2;/q;+2;;/p-2/t5-;;;/m0.../s1. The molecule has 1 atom stereocenters. The van der Waals surface area contributed by atoms with Gasteiger partial charge in [0.25, 0.3) is 5.97 Å². The molecule has 0 unspecified atom stereocenters. The van der Waals surface area contributed by atoms with Gasteiger partial charge in [0.1, 0.15) is 0 Å². The normalized spacial score (nSPS) is 12.2.